The Morgan fingerprint density at radius 1 is 0.976 bits per heavy atom. The number of nitrogens with one attached hydrogen (secondary N) is 1. The van der Waals surface area contributed by atoms with Gasteiger partial charge in [-0.1, -0.05) is 57.9 Å². The van der Waals surface area contributed by atoms with Crippen molar-refractivity contribution in [2.75, 3.05) is 18.2 Å². The van der Waals surface area contributed by atoms with Gasteiger partial charge in [0.2, 0.25) is 5.91 Å². The van der Waals surface area contributed by atoms with Crippen LogP contribution in [-0.2, 0) is 4.79 Å². The van der Waals surface area contributed by atoms with Crippen LogP contribution in [0.15, 0.2) is 93.7 Å². The van der Waals surface area contributed by atoms with Crippen molar-refractivity contribution in [3.63, 3.8) is 0 Å². The van der Waals surface area contributed by atoms with Gasteiger partial charge in [0.25, 0.3) is 0 Å². The maximum absolute atomic E-state index is 12.8. The molecule has 0 aliphatic rings. The molecule has 3 aromatic carbocycles. The highest BCUT2D eigenvalue weighted by molar-refractivity contribution is 9.10. The first-order valence-corrected chi connectivity index (χ1v) is 15.4. The molecule has 0 saturated carbocycles. The second kappa shape index (κ2) is 13.1. The predicted molar refractivity (Wildman–Crippen MR) is 170 cm³/mol. The fourth-order valence-corrected chi connectivity index (χ4v) is 6.06. The van der Waals surface area contributed by atoms with Crippen molar-refractivity contribution in [2.24, 2.45) is 0 Å². The van der Waals surface area contributed by atoms with Gasteiger partial charge in [-0.3, -0.25) is 4.79 Å². The van der Waals surface area contributed by atoms with E-state index in [2.05, 4.69) is 32.3 Å². The molecule has 2 heterocycles. The third kappa shape index (κ3) is 7.03. The number of carbonyl (C=O) groups excluding carboxylic acids is 1. The van der Waals surface area contributed by atoms with Crippen LogP contribution in [0.3, 0.4) is 0 Å². The van der Waals surface area contributed by atoms with E-state index in [-0.39, 0.29) is 12.3 Å². The molecule has 0 atom stereocenters. The SMILES string of the molecule is COc1ccc(-c2cc(-c3ccc(C)cc3)c(C#N)c(SCCC(=O)Nc3nc(-c4ccc(Br)cc4)cs3)n2)cc1. The molecule has 6 nitrogen and oxygen atoms in total. The van der Waals surface area contributed by atoms with Gasteiger partial charge in [0.15, 0.2) is 5.13 Å². The fraction of sp³-hybridized carbons (Fsp3) is 0.125. The summed E-state index contributed by atoms with van der Waals surface area (Å²) in [5.74, 6) is 1.07. The molecule has 0 fully saturated rings. The number of thioether (sulfide) groups is 1. The summed E-state index contributed by atoms with van der Waals surface area (Å²) >= 11 is 6.23. The minimum Gasteiger partial charge on any atom is -0.497 e. The van der Waals surface area contributed by atoms with Crippen LogP contribution in [0.25, 0.3) is 33.6 Å². The molecule has 0 bridgehead atoms. The van der Waals surface area contributed by atoms with Crippen LogP contribution < -0.4 is 10.1 Å². The molecule has 41 heavy (non-hydrogen) atoms. The van der Waals surface area contributed by atoms with Crippen LogP contribution in [-0.4, -0.2) is 28.7 Å². The number of ether oxygens (including phenoxy) is 1. The standard InChI is InChI=1S/C32H25BrN4O2S2/c1-20-3-5-21(6-4-20)26-17-28(22-9-13-25(39-2)14-10-22)35-31(27(26)18-34)40-16-15-30(38)37-32-36-29(19-41-32)23-7-11-24(33)12-8-23/h3-14,17,19H,15-16H2,1-2H3,(H,36,37,38). The zero-order valence-electron chi connectivity index (χ0n) is 22.3. The van der Waals surface area contributed by atoms with E-state index in [0.29, 0.717) is 21.5 Å². The minimum absolute atomic E-state index is 0.141. The maximum atomic E-state index is 12.8. The number of carbonyl (C=O) groups is 1. The van der Waals surface area contributed by atoms with Crippen molar-refractivity contribution in [3.05, 3.63) is 99.8 Å². The molecule has 1 N–H and O–H groups in total. The van der Waals surface area contributed by atoms with Crippen LogP contribution in [0.4, 0.5) is 5.13 Å². The van der Waals surface area contributed by atoms with E-state index < -0.39 is 0 Å². The summed E-state index contributed by atoms with van der Waals surface area (Å²) in [6.07, 6.45) is 0.247. The smallest absolute Gasteiger partial charge is 0.226 e. The first-order valence-electron chi connectivity index (χ1n) is 12.7. The molecule has 5 aromatic rings. The molecule has 0 unspecified atom stereocenters. The Bertz CT molecular complexity index is 1710. The Morgan fingerprint density at radius 3 is 2.32 bits per heavy atom. The molecule has 9 heteroatoms. The van der Waals surface area contributed by atoms with Crippen molar-refractivity contribution in [3.8, 4) is 45.5 Å². The summed E-state index contributed by atoms with van der Waals surface area (Å²) in [5.41, 5.74) is 6.84. The molecule has 0 spiro atoms. The number of thiazole rings is 1. The average Bonchev–Trinajstić information content (AvgIpc) is 3.45. The van der Waals surface area contributed by atoms with E-state index in [1.807, 2.05) is 91.2 Å². The van der Waals surface area contributed by atoms with Crippen LogP contribution in [0.5, 0.6) is 5.75 Å². The topological polar surface area (TPSA) is 87.9 Å². The number of hydrogen-bond donors (Lipinski definition) is 1. The molecule has 1 amide bonds. The normalized spacial score (nSPS) is 10.7. The lowest BCUT2D eigenvalue weighted by molar-refractivity contribution is -0.115. The molecule has 0 aliphatic carbocycles. The largest absolute Gasteiger partial charge is 0.497 e. The summed E-state index contributed by atoms with van der Waals surface area (Å²) in [5, 5.41) is 16.1. The van der Waals surface area contributed by atoms with E-state index in [4.69, 9.17) is 9.72 Å². The zero-order chi connectivity index (χ0) is 28.8. The Morgan fingerprint density at radius 2 is 1.63 bits per heavy atom. The van der Waals surface area contributed by atoms with Gasteiger partial charge < -0.3 is 10.1 Å². The number of nitrogens with zero attached hydrogens (tertiary/aromatic N) is 3. The highest BCUT2D eigenvalue weighted by Gasteiger charge is 2.17. The van der Waals surface area contributed by atoms with E-state index in [0.717, 1.165) is 49.4 Å². The summed E-state index contributed by atoms with van der Waals surface area (Å²) < 4.78 is 6.30. The molecule has 0 radical (unpaired) electrons. The van der Waals surface area contributed by atoms with Crippen LogP contribution in [0.2, 0.25) is 0 Å². The molecule has 5 rings (SSSR count). The zero-order valence-corrected chi connectivity index (χ0v) is 25.6. The highest BCUT2D eigenvalue weighted by Crippen LogP contribution is 2.35. The Labute approximate surface area is 255 Å². The number of rotatable bonds is 9. The van der Waals surface area contributed by atoms with Crippen LogP contribution in [0.1, 0.15) is 17.5 Å². The minimum atomic E-state index is -0.141. The molecular weight excluding hydrogens is 616 g/mol. The molecule has 0 aliphatic heterocycles. The van der Waals surface area contributed by atoms with Gasteiger partial charge in [-0.25, -0.2) is 9.97 Å². The molecular formula is C32H25BrN4O2S2. The number of aromatic nitrogens is 2. The lowest BCUT2D eigenvalue weighted by Gasteiger charge is -2.13. The van der Waals surface area contributed by atoms with Gasteiger partial charge in [0, 0.05) is 38.7 Å². The predicted octanol–water partition coefficient (Wildman–Crippen LogP) is 8.61. The van der Waals surface area contributed by atoms with Crippen molar-refractivity contribution < 1.29 is 9.53 Å². The van der Waals surface area contributed by atoms with Crippen molar-refractivity contribution in [1.82, 2.24) is 9.97 Å². The summed E-state index contributed by atoms with van der Waals surface area (Å²) in [4.78, 5) is 22.2. The number of pyridine rings is 1. The average molecular weight is 642 g/mol. The van der Waals surface area contributed by atoms with Crippen molar-refractivity contribution in [2.45, 2.75) is 18.4 Å². The van der Waals surface area contributed by atoms with Crippen molar-refractivity contribution >= 4 is 50.1 Å². The number of benzene rings is 3. The van der Waals surface area contributed by atoms with E-state index in [1.54, 1.807) is 7.11 Å². The van der Waals surface area contributed by atoms with Gasteiger partial charge in [-0.15, -0.1) is 23.1 Å². The number of hydrogen-bond acceptors (Lipinski definition) is 7. The third-order valence-corrected chi connectivity index (χ3v) is 8.57. The Hall–Kier alpha value is -3.97. The summed E-state index contributed by atoms with van der Waals surface area (Å²) in [6, 6.07) is 28.0. The van der Waals surface area contributed by atoms with Gasteiger partial charge in [-0.2, -0.15) is 5.26 Å². The molecule has 0 saturated heterocycles. The number of amides is 1. The number of nitriles is 1. The van der Waals surface area contributed by atoms with E-state index in [1.165, 1.54) is 23.1 Å². The number of halogens is 1. The summed E-state index contributed by atoms with van der Waals surface area (Å²) in [7, 11) is 1.63. The van der Waals surface area contributed by atoms with Gasteiger partial charge in [0.1, 0.15) is 16.8 Å². The van der Waals surface area contributed by atoms with E-state index in [9.17, 15) is 10.1 Å². The Kier molecular flexibility index (Phi) is 9.14. The van der Waals surface area contributed by atoms with Gasteiger partial charge >= 0.3 is 0 Å². The van der Waals surface area contributed by atoms with E-state index >= 15 is 0 Å². The van der Waals surface area contributed by atoms with Gasteiger partial charge in [-0.05, 0) is 55.0 Å². The first-order chi connectivity index (χ1) is 19.9. The van der Waals surface area contributed by atoms with Crippen LogP contribution >= 0.6 is 39.0 Å². The number of aryl methyl sites for hydroxylation is 1. The molecule has 204 valence electrons. The first kappa shape index (κ1) is 28.6. The Balaban J connectivity index is 1.34. The second-order valence-corrected chi connectivity index (χ2v) is 12.0. The monoisotopic (exact) mass is 640 g/mol. The van der Waals surface area contributed by atoms with Gasteiger partial charge in [0.05, 0.1) is 24.1 Å². The van der Waals surface area contributed by atoms with Crippen molar-refractivity contribution in [1.29, 1.82) is 5.26 Å². The lowest BCUT2D eigenvalue weighted by Crippen LogP contribution is -2.12. The molecule has 2 aromatic heterocycles. The van der Waals surface area contributed by atoms with Crippen LogP contribution in [0, 0.1) is 18.3 Å². The summed E-state index contributed by atoms with van der Waals surface area (Å²) in [6.45, 7) is 2.03. The lowest BCUT2D eigenvalue weighted by atomic mass is 9.98. The number of anilines is 1. The third-order valence-electron chi connectivity index (χ3n) is 6.30. The quantitative estimate of drug-likeness (QED) is 0.162. The highest BCUT2D eigenvalue weighted by atomic mass is 79.9. The fourth-order valence-electron chi connectivity index (χ4n) is 4.11. The second-order valence-electron chi connectivity index (χ2n) is 9.13. The maximum Gasteiger partial charge on any atom is 0.226 e. The number of methoxy groups -OCH3 is 1.